The van der Waals surface area contributed by atoms with Crippen molar-refractivity contribution in [1.29, 1.82) is 0 Å². The fraction of sp³-hybridized carbons (Fsp3) is 0.500. The van der Waals surface area contributed by atoms with Crippen LogP contribution in [0.5, 0.6) is 0 Å². The van der Waals surface area contributed by atoms with Crippen LogP contribution in [-0.4, -0.2) is 51.2 Å². The molecule has 90 valence electrons. The average molecular weight is 299 g/mol. The summed E-state index contributed by atoms with van der Waals surface area (Å²) in [5, 5.41) is 9.00. The lowest BCUT2D eigenvalue weighted by Crippen LogP contribution is -2.48. The van der Waals surface area contributed by atoms with Crippen LogP contribution in [0.4, 0.5) is 10.7 Å². The second kappa shape index (κ2) is 3.83. The summed E-state index contributed by atoms with van der Waals surface area (Å²) in [4.78, 5) is 23.1. The topological polar surface area (TPSA) is 69.6 Å². The third-order valence-corrected chi connectivity index (χ3v) is 3.76. The number of rotatable bonds is 1. The number of likely N-dealkylation sites (tertiary alicyclic amines) is 1. The second-order valence-electron chi connectivity index (χ2n) is 4.33. The molecule has 2 bridgehead atoms. The zero-order valence-electron chi connectivity index (χ0n) is 8.95. The Morgan fingerprint density at radius 2 is 2.06 bits per heavy atom. The van der Waals surface area contributed by atoms with E-state index in [4.69, 9.17) is 5.11 Å². The van der Waals surface area contributed by atoms with Gasteiger partial charge in [-0.25, -0.2) is 14.8 Å². The first-order chi connectivity index (χ1) is 8.15. The van der Waals surface area contributed by atoms with Gasteiger partial charge in [0.2, 0.25) is 5.95 Å². The minimum Gasteiger partial charge on any atom is -0.465 e. The predicted octanol–water partition coefficient (Wildman–Crippen LogP) is 1.18. The summed E-state index contributed by atoms with van der Waals surface area (Å²) in [7, 11) is 0. The third-order valence-electron chi connectivity index (χ3n) is 3.35. The van der Waals surface area contributed by atoms with Crippen molar-refractivity contribution in [1.82, 2.24) is 14.9 Å². The highest BCUT2D eigenvalue weighted by Crippen LogP contribution is 2.32. The van der Waals surface area contributed by atoms with Crippen LogP contribution in [0.1, 0.15) is 6.42 Å². The maximum absolute atomic E-state index is 10.9. The first kappa shape index (κ1) is 10.8. The monoisotopic (exact) mass is 298 g/mol. The molecule has 1 amide bonds. The van der Waals surface area contributed by atoms with Gasteiger partial charge >= 0.3 is 6.09 Å². The summed E-state index contributed by atoms with van der Waals surface area (Å²) in [6.45, 7) is 1.25. The third kappa shape index (κ3) is 1.74. The second-order valence-corrected chi connectivity index (χ2v) is 5.25. The highest BCUT2D eigenvalue weighted by atomic mass is 79.9. The molecule has 17 heavy (non-hydrogen) atoms. The van der Waals surface area contributed by atoms with Crippen molar-refractivity contribution in [3.63, 3.8) is 0 Å². The maximum atomic E-state index is 10.9. The summed E-state index contributed by atoms with van der Waals surface area (Å²) >= 11 is 3.29. The Morgan fingerprint density at radius 1 is 1.35 bits per heavy atom. The van der Waals surface area contributed by atoms with E-state index in [0.29, 0.717) is 19.0 Å². The Balaban J connectivity index is 1.78. The number of nitrogens with zero attached hydrogens (tertiary/aromatic N) is 4. The van der Waals surface area contributed by atoms with E-state index < -0.39 is 6.09 Å². The van der Waals surface area contributed by atoms with Gasteiger partial charge in [-0.05, 0) is 22.4 Å². The van der Waals surface area contributed by atoms with Crippen molar-refractivity contribution in [3.8, 4) is 0 Å². The van der Waals surface area contributed by atoms with Crippen molar-refractivity contribution in [2.45, 2.75) is 18.5 Å². The van der Waals surface area contributed by atoms with Crippen LogP contribution in [0.2, 0.25) is 0 Å². The van der Waals surface area contributed by atoms with Gasteiger partial charge in [0.25, 0.3) is 0 Å². The van der Waals surface area contributed by atoms with Crippen LogP contribution in [0, 0.1) is 0 Å². The number of halogens is 1. The molecular formula is C10H11BrN4O2. The van der Waals surface area contributed by atoms with E-state index in [-0.39, 0.29) is 12.1 Å². The molecule has 0 spiro atoms. The van der Waals surface area contributed by atoms with E-state index >= 15 is 0 Å². The molecule has 7 heteroatoms. The zero-order valence-corrected chi connectivity index (χ0v) is 10.5. The summed E-state index contributed by atoms with van der Waals surface area (Å²) in [6, 6.07) is 0.307. The van der Waals surface area contributed by atoms with Crippen molar-refractivity contribution in [2.75, 3.05) is 18.0 Å². The first-order valence-electron chi connectivity index (χ1n) is 5.39. The molecule has 6 nitrogen and oxygen atoms in total. The summed E-state index contributed by atoms with van der Waals surface area (Å²) in [5.74, 6) is 0.686. The molecule has 2 aliphatic rings. The predicted molar refractivity (Wildman–Crippen MR) is 64.0 cm³/mol. The van der Waals surface area contributed by atoms with E-state index in [9.17, 15) is 4.79 Å². The van der Waals surface area contributed by atoms with Crippen LogP contribution in [0.3, 0.4) is 0 Å². The minimum absolute atomic E-state index is 0.0877. The van der Waals surface area contributed by atoms with E-state index in [1.165, 1.54) is 4.90 Å². The van der Waals surface area contributed by atoms with E-state index in [1.807, 2.05) is 0 Å². The van der Waals surface area contributed by atoms with Crippen LogP contribution in [0.25, 0.3) is 0 Å². The molecule has 2 fully saturated rings. The highest BCUT2D eigenvalue weighted by molar-refractivity contribution is 9.10. The molecule has 0 radical (unpaired) electrons. The van der Waals surface area contributed by atoms with Gasteiger partial charge in [-0.15, -0.1) is 0 Å². The molecule has 1 aromatic heterocycles. The number of piperazine rings is 1. The number of hydrogen-bond acceptors (Lipinski definition) is 4. The number of aromatic nitrogens is 2. The lowest BCUT2D eigenvalue weighted by atomic mass is 10.2. The van der Waals surface area contributed by atoms with Crippen molar-refractivity contribution in [3.05, 3.63) is 16.9 Å². The smallest absolute Gasteiger partial charge is 0.407 e. The summed E-state index contributed by atoms with van der Waals surface area (Å²) in [5.41, 5.74) is 0. The number of anilines is 1. The molecule has 2 saturated heterocycles. The van der Waals surface area contributed by atoms with Crippen LogP contribution >= 0.6 is 15.9 Å². The molecule has 0 aromatic carbocycles. The van der Waals surface area contributed by atoms with Gasteiger partial charge in [-0.1, -0.05) is 0 Å². The van der Waals surface area contributed by atoms with Crippen LogP contribution < -0.4 is 4.90 Å². The van der Waals surface area contributed by atoms with Gasteiger partial charge in [0.1, 0.15) is 0 Å². The van der Waals surface area contributed by atoms with E-state index in [1.54, 1.807) is 12.4 Å². The van der Waals surface area contributed by atoms with Gasteiger partial charge in [0, 0.05) is 25.5 Å². The quantitative estimate of drug-likeness (QED) is 0.843. The molecule has 1 N–H and O–H groups in total. The molecule has 3 rings (SSSR count). The zero-order chi connectivity index (χ0) is 12.0. The van der Waals surface area contributed by atoms with Crippen molar-refractivity contribution >= 4 is 28.0 Å². The minimum atomic E-state index is -0.825. The van der Waals surface area contributed by atoms with Crippen LogP contribution in [0.15, 0.2) is 16.9 Å². The SMILES string of the molecule is O=C(O)N1C[C@@H]2C[C@H]1CN2c1ncc(Br)cn1. The van der Waals surface area contributed by atoms with Crippen molar-refractivity contribution < 1.29 is 9.90 Å². The number of hydrogen-bond donors (Lipinski definition) is 1. The fourth-order valence-electron chi connectivity index (χ4n) is 2.60. The van der Waals surface area contributed by atoms with Gasteiger partial charge in [0.15, 0.2) is 0 Å². The molecule has 0 saturated carbocycles. The summed E-state index contributed by atoms with van der Waals surface area (Å²) < 4.78 is 0.845. The first-order valence-corrected chi connectivity index (χ1v) is 6.18. The normalized spacial score (nSPS) is 26.6. The van der Waals surface area contributed by atoms with Gasteiger partial charge < -0.3 is 14.9 Å². The van der Waals surface area contributed by atoms with E-state index in [2.05, 4.69) is 30.8 Å². The molecule has 0 unspecified atom stereocenters. The molecule has 3 heterocycles. The van der Waals surface area contributed by atoms with E-state index in [0.717, 1.165) is 10.9 Å². The Labute approximate surface area is 106 Å². The largest absolute Gasteiger partial charge is 0.465 e. The fourth-order valence-corrected chi connectivity index (χ4v) is 2.80. The lowest BCUT2D eigenvalue weighted by molar-refractivity contribution is 0.137. The van der Waals surface area contributed by atoms with Gasteiger partial charge in [-0.2, -0.15) is 0 Å². The highest BCUT2D eigenvalue weighted by Gasteiger charge is 2.46. The standard InChI is InChI=1S/C10H11BrN4O2/c11-6-2-12-9(13-3-6)14-4-8-1-7(14)5-15(8)10(16)17/h2-3,7-8H,1,4-5H2,(H,16,17)/t7-,8-/m0/s1. The number of amides is 1. The Hall–Kier alpha value is -1.37. The number of fused-ring (bicyclic) bond motifs is 2. The lowest BCUT2D eigenvalue weighted by Gasteiger charge is -2.32. The maximum Gasteiger partial charge on any atom is 0.407 e. The van der Waals surface area contributed by atoms with Gasteiger partial charge in [-0.3, -0.25) is 0 Å². The number of carbonyl (C=O) groups is 1. The average Bonchev–Trinajstić information content (AvgIpc) is 2.89. The molecule has 0 aliphatic carbocycles. The van der Waals surface area contributed by atoms with Gasteiger partial charge in [0.05, 0.1) is 16.6 Å². The molecule has 2 aliphatic heterocycles. The molecular weight excluding hydrogens is 288 g/mol. The summed E-state index contributed by atoms with van der Waals surface area (Å²) in [6.07, 6.45) is 3.48. The Kier molecular flexibility index (Phi) is 2.43. The number of carboxylic acid groups (broad SMARTS) is 1. The van der Waals surface area contributed by atoms with Crippen molar-refractivity contribution in [2.24, 2.45) is 0 Å². The Morgan fingerprint density at radius 3 is 2.59 bits per heavy atom. The van der Waals surface area contributed by atoms with Crippen LogP contribution in [-0.2, 0) is 0 Å². The molecule has 2 atom stereocenters. The molecule has 1 aromatic rings. The Bertz CT molecular complexity index is 452.